The van der Waals surface area contributed by atoms with Crippen LogP contribution in [0.1, 0.15) is 5.56 Å². The third-order valence-corrected chi connectivity index (χ3v) is 3.78. The quantitative estimate of drug-likeness (QED) is 0.583. The predicted molar refractivity (Wildman–Crippen MR) is 87.4 cm³/mol. The number of nitrogens with one attached hydrogen (secondary N) is 2. The van der Waals surface area contributed by atoms with Gasteiger partial charge < -0.3 is 10.3 Å². The van der Waals surface area contributed by atoms with E-state index < -0.39 is 0 Å². The first-order valence-corrected chi connectivity index (χ1v) is 7.03. The molecule has 3 heteroatoms. The van der Waals surface area contributed by atoms with Gasteiger partial charge in [0.1, 0.15) is 0 Å². The molecule has 4 aromatic rings. The van der Waals surface area contributed by atoms with Gasteiger partial charge in [-0.2, -0.15) is 0 Å². The van der Waals surface area contributed by atoms with Gasteiger partial charge in [-0.15, -0.1) is 0 Å². The molecule has 0 radical (unpaired) electrons. The van der Waals surface area contributed by atoms with E-state index in [1.54, 1.807) is 0 Å². The zero-order chi connectivity index (χ0) is 14.1. The van der Waals surface area contributed by atoms with Crippen molar-refractivity contribution in [3.8, 4) is 0 Å². The van der Waals surface area contributed by atoms with Crippen molar-refractivity contribution in [3.63, 3.8) is 0 Å². The van der Waals surface area contributed by atoms with Crippen LogP contribution >= 0.6 is 0 Å². The monoisotopic (exact) mass is 273 g/mol. The molecule has 0 aliphatic rings. The highest BCUT2D eigenvalue weighted by Gasteiger charge is 2.01. The summed E-state index contributed by atoms with van der Waals surface area (Å²) < 4.78 is 0. The molecule has 0 saturated heterocycles. The number of aromatic amines is 1. The minimum Gasteiger partial charge on any atom is -0.380 e. The fourth-order valence-electron chi connectivity index (χ4n) is 2.68. The molecule has 102 valence electrons. The normalized spacial score (nSPS) is 11.0. The van der Waals surface area contributed by atoms with Gasteiger partial charge in [-0.25, -0.2) is 0 Å². The number of nitrogens with zero attached hydrogens (tertiary/aromatic N) is 1. The maximum absolute atomic E-state index is 4.17. The summed E-state index contributed by atoms with van der Waals surface area (Å²) in [5.41, 5.74) is 3.58. The van der Waals surface area contributed by atoms with E-state index in [1.807, 2.05) is 24.7 Å². The van der Waals surface area contributed by atoms with Gasteiger partial charge in [0.15, 0.2) is 0 Å². The SMILES string of the molecule is c1cc(NCc2ccc3cc[nH]c3c2)c2ccncc2c1. The number of rotatable bonds is 3. The van der Waals surface area contributed by atoms with Crippen molar-refractivity contribution >= 4 is 27.4 Å². The molecule has 0 aliphatic heterocycles. The summed E-state index contributed by atoms with van der Waals surface area (Å²) in [5.74, 6) is 0. The lowest BCUT2D eigenvalue weighted by molar-refractivity contribution is 1.16. The third-order valence-electron chi connectivity index (χ3n) is 3.78. The van der Waals surface area contributed by atoms with Gasteiger partial charge in [0.05, 0.1) is 0 Å². The standard InChI is InChI=1S/C18H15N3/c1-2-15-12-19-8-7-16(15)17(3-1)21-11-13-4-5-14-6-9-20-18(14)10-13/h1-10,12,20-21H,11H2. The van der Waals surface area contributed by atoms with Gasteiger partial charge in [-0.05, 0) is 35.2 Å². The highest BCUT2D eigenvalue weighted by Crippen LogP contribution is 2.23. The molecule has 0 unspecified atom stereocenters. The molecule has 4 rings (SSSR count). The molecule has 3 nitrogen and oxygen atoms in total. The lowest BCUT2D eigenvalue weighted by atomic mass is 10.1. The molecule has 2 aromatic carbocycles. The van der Waals surface area contributed by atoms with Crippen molar-refractivity contribution in [3.05, 3.63) is 72.7 Å². The van der Waals surface area contributed by atoms with Crippen LogP contribution in [0.25, 0.3) is 21.7 Å². The molecule has 0 bridgehead atoms. The average molecular weight is 273 g/mol. The second kappa shape index (κ2) is 4.94. The summed E-state index contributed by atoms with van der Waals surface area (Å²) in [6.45, 7) is 0.802. The van der Waals surface area contributed by atoms with Gasteiger partial charge in [-0.1, -0.05) is 24.3 Å². The van der Waals surface area contributed by atoms with Crippen LogP contribution in [0, 0.1) is 0 Å². The summed E-state index contributed by atoms with van der Waals surface area (Å²) in [7, 11) is 0. The molecule has 0 amide bonds. The van der Waals surface area contributed by atoms with Gasteiger partial charge in [-0.3, -0.25) is 4.98 Å². The topological polar surface area (TPSA) is 40.7 Å². The first-order chi connectivity index (χ1) is 10.4. The third kappa shape index (κ3) is 2.23. The average Bonchev–Trinajstić information content (AvgIpc) is 3.00. The van der Waals surface area contributed by atoms with Gasteiger partial charge in [0.2, 0.25) is 0 Å². The Morgan fingerprint density at radius 3 is 3.00 bits per heavy atom. The number of pyridine rings is 1. The molecule has 21 heavy (non-hydrogen) atoms. The second-order valence-corrected chi connectivity index (χ2v) is 5.16. The highest BCUT2D eigenvalue weighted by atomic mass is 14.9. The van der Waals surface area contributed by atoms with Crippen LogP contribution < -0.4 is 5.32 Å². The Labute approximate surface area is 122 Å². The molecule has 0 fully saturated rings. The van der Waals surface area contributed by atoms with Gasteiger partial charge in [0.25, 0.3) is 0 Å². The first kappa shape index (κ1) is 12.0. The molecule has 2 aromatic heterocycles. The molecule has 0 aliphatic carbocycles. The van der Waals surface area contributed by atoms with Gasteiger partial charge >= 0.3 is 0 Å². The lowest BCUT2D eigenvalue weighted by Crippen LogP contribution is -1.99. The Morgan fingerprint density at radius 1 is 1.00 bits per heavy atom. The minimum atomic E-state index is 0.802. The minimum absolute atomic E-state index is 0.802. The number of fused-ring (bicyclic) bond motifs is 2. The van der Waals surface area contributed by atoms with Crippen LogP contribution in [-0.4, -0.2) is 9.97 Å². The van der Waals surface area contributed by atoms with E-state index >= 15 is 0 Å². The van der Waals surface area contributed by atoms with Crippen molar-refractivity contribution in [2.75, 3.05) is 5.32 Å². The smallest absolute Gasteiger partial charge is 0.0457 e. The highest BCUT2D eigenvalue weighted by molar-refractivity contribution is 5.93. The maximum atomic E-state index is 4.17. The van der Waals surface area contributed by atoms with Crippen molar-refractivity contribution in [2.24, 2.45) is 0 Å². The van der Waals surface area contributed by atoms with Crippen molar-refractivity contribution in [1.29, 1.82) is 0 Å². The van der Waals surface area contributed by atoms with Crippen molar-refractivity contribution < 1.29 is 0 Å². The second-order valence-electron chi connectivity index (χ2n) is 5.16. The van der Waals surface area contributed by atoms with E-state index in [0.717, 1.165) is 17.6 Å². The first-order valence-electron chi connectivity index (χ1n) is 7.03. The fourth-order valence-corrected chi connectivity index (χ4v) is 2.68. The molecule has 2 heterocycles. The summed E-state index contributed by atoms with van der Waals surface area (Å²) >= 11 is 0. The van der Waals surface area contributed by atoms with E-state index in [9.17, 15) is 0 Å². The van der Waals surface area contributed by atoms with E-state index in [-0.39, 0.29) is 0 Å². The molecular formula is C18H15N3. The number of hydrogen-bond donors (Lipinski definition) is 2. The van der Waals surface area contributed by atoms with Crippen LogP contribution in [0.2, 0.25) is 0 Å². The van der Waals surface area contributed by atoms with E-state index in [0.29, 0.717) is 0 Å². The van der Waals surface area contributed by atoms with Crippen molar-refractivity contribution in [2.45, 2.75) is 6.54 Å². The molecule has 0 spiro atoms. The van der Waals surface area contributed by atoms with Crippen LogP contribution in [0.3, 0.4) is 0 Å². The molecular weight excluding hydrogens is 258 g/mol. The zero-order valence-electron chi connectivity index (χ0n) is 11.5. The van der Waals surface area contributed by atoms with E-state index in [4.69, 9.17) is 0 Å². The van der Waals surface area contributed by atoms with E-state index in [1.165, 1.54) is 21.9 Å². The Kier molecular flexibility index (Phi) is 2.82. The van der Waals surface area contributed by atoms with Crippen LogP contribution in [0.5, 0.6) is 0 Å². The summed E-state index contributed by atoms with van der Waals surface area (Å²) in [5, 5.41) is 7.12. The Balaban J connectivity index is 1.63. The molecule has 0 atom stereocenters. The summed E-state index contributed by atoms with van der Waals surface area (Å²) in [6.07, 6.45) is 5.70. The summed E-state index contributed by atoms with van der Waals surface area (Å²) in [6, 6.07) is 16.9. The number of anilines is 1. The van der Waals surface area contributed by atoms with Crippen molar-refractivity contribution in [1.82, 2.24) is 9.97 Å². The maximum Gasteiger partial charge on any atom is 0.0457 e. The van der Waals surface area contributed by atoms with Crippen LogP contribution in [0.4, 0.5) is 5.69 Å². The Hall–Kier alpha value is -2.81. The Morgan fingerprint density at radius 2 is 2.00 bits per heavy atom. The van der Waals surface area contributed by atoms with Crippen LogP contribution in [-0.2, 0) is 6.54 Å². The number of hydrogen-bond acceptors (Lipinski definition) is 2. The number of benzene rings is 2. The molecule has 0 saturated carbocycles. The lowest BCUT2D eigenvalue weighted by Gasteiger charge is -2.10. The van der Waals surface area contributed by atoms with Gasteiger partial charge in [0, 0.05) is 47.1 Å². The predicted octanol–water partition coefficient (Wildman–Crippen LogP) is 4.33. The zero-order valence-corrected chi connectivity index (χ0v) is 11.5. The van der Waals surface area contributed by atoms with E-state index in [2.05, 4.69) is 57.7 Å². The number of H-pyrrole nitrogens is 1. The van der Waals surface area contributed by atoms with Crippen LogP contribution in [0.15, 0.2) is 67.1 Å². The number of aromatic nitrogens is 2. The largest absolute Gasteiger partial charge is 0.380 e. The summed E-state index contributed by atoms with van der Waals surface area (Å²) in [4.78, 5) is 7.42. The Bertz CT molecular complexity index is 903. The molecule has 2 N–H and O–H groups in total. The fraction of sp³-hybridized carbons (Fsp3) is 0.0556.